The van der Waals surface area contributed by atoms with Crippen molar-refractivity contribution in [1.29, 1.82) is 0 Å². The molecule has 0 aliphatic carbocycles. The zero-order chi connectivity index (χ0) is 17.8. The normalized spacial score (nSPS) is 14.4. The third-order valence-electron chi connectivity index (χ3n) is 4.22. The standard InChI is InChI=1S/C19H18Cl3NOS/c20-15-7-3-2-6-13(15)12-24-18-16(21)10-14(11-17(18)22)19(25)23-8-4-1-5-9-23/h2-3,6-7,10-11H,1,4-5,8-9,12H2. The van der Waals surface area contributed by atoms with Crippen molar-refractivity contribution in [2.75, 3.05) is 13.1 Å². The van der Waals surface area contributed by atoms with Crippen LogP contribution in [-0.2, 0) is 6.61 Å². The molecule has 0 bridgehead atoms. The summed E-state index contributed by atoms with van der Waals surface area (Å²) in [5.74, 6) is 0.452. The SMILES string of the molecule is S=C(c1cc(Cl)c(OCc2ccccc2Cl)c(Cl)c1)N1CCCCC1. The van der Waals surface area contributed by atoms with E-state index in [1.54, 1.807) is 0 Å². The van der Waals surface area contributed by atoms with Crippen LogP contribution in [0.2, 0.25) is 15.1 Å². The van der Waals surface area contributed by atoms with Gasteiger partial charge in [-0.1, -0.05) is 65.2 Å². The lowest BCUT2D eigenvalue weighted by Gasteiger charge is -2.29. The summed E-state index contributed by atoms with van der Waals surface area (Å²) < 4.78 is 5.81. The first-order chi connectivity index (χ1) is 12.1. The summed E-state index contributed by atoms with van der Waals surface area (Å²) in [4.78, 5) is 3.01. The molecule has 2 aromatic rings. The van der Waals surface area contributed by atoms with Gasteiger partial charge in [-0.25, -0.2) is 0 Å². The highest BCUT2D eigenvalue weighted by atomic mass is 35.5. The molecule has 0 aromatic heterocycles. The van der Waals surface area contributed by atoms with Gasteiger partial charge in [0.15, 0.2) is 5.75 Å². The Morgan fingerprint density at radius 3 is 2.24 bits per heavy atom. The molecule has 6 heteroatoms. The number of hydrogen-bond donors (Lipinski definition) is 0. The molecule has 2 aromatic carbocycles. The number of likely N-dealkylation sites (tertiary alicyclic amines) is 1. The smallest absolute Gasteiger partial charge is 0.157 e. The van der Waals surface area contributed by atoms with Crippen molar-refractivity contribution in [1.82, 2.24) is 4.90 Å². The molecule has 0 radical (unpaired) electrons. The maximum atomic E-state index is 6.40. The molecule has 0 unspecified atom stereocenters. The van der Waals surface area contributed by atoms with Crippen LogP contribution >= 0.6 is 47.0 Å². The Morgan fingerprint density at radius 2 is 1.60 bits per heavy atom. The molecule has 25 heavy (non-hydrogen) atoms. The van der Waals surface area contributed by atoms with E-state index in [0.29, 0.717) is 27.4 Å². The lowest BCUT2D eigenvalue weighted by atomic mass is 10.1. The first-order valence-electron chi connectivity index (χ1n) is 8.21. The van der Waals surface area contributed by atoms with Gasteiger partial charge in [-0.2, -0.15) is 0 Å². The van der Waals surface area contributed by atoms with Crippen LogP contribution in [0.1, 0.15) is 30.4 Å². The highest BCUT2D eigenvalue weighted by Gasteiger charge is 2.18. The lowest BCUT2D eigenvalue weighted by Crippen LogP contribution is -2.34. The molecule has 0 spiro atoms. The average Bonchev–Trinajstić information content (AvgIpc) is 2.62. The van der Waals surface area contributed by atoms with Crippen molar-refractivity contribution in [3.63, 3.8) is 0 Å². The van der Waals surface area contributed by atoms with Gasteiger partial charge in [0.1, 0.15) is 11.6 Å². The minimum Gasteiger partial charge on any atom is -0.486 e. The fourth-order valence-corrected chi connectivity index (χ4v) is 3.95. The number of nitrogens with zero attached hydrogens (tertiary/aromatic N) is 1. The Balaban J connectivity index is 1.76. The fourth-order valence-electron chi connectivity index (χ4n) is 2.87. The number of ether oxygens (including phenoxy) is 1. The number of thiocarbonyl (C=S) groups is 1. The van der Waals surface area contributed by atoms with E-state index in [9.17, 15) is 0 Å². The highest BCUT2D eigenvalue weighted by molar-refractivity contribution is 7.80. The van der Waals surface area contributed by atoms with E-state index in [0.717, 1.165) is 29.2 Å². The Labute approximate surface area is 168 Å². The maximum absolute atomic E-state index is 6.40. The molecule has 1 aliphatic rings. The molecule has 3 rings (SSSR count). The minimum absolute atomic E-state index is 0.301. The number of hydrogen-bond acceptors (Lipinski definition) is 2. The molecule has 0 amide bonds. The topological polar surface area (TPSA) is 12.5 Å². The van der Waals surface area contributed by atoms with Crippen molar-refractivity contribution in [2.45, 2.75) is 25.9 Å². The molecule has 1 heterocycles. The third-order valence-corrected chi connectivity index (χ3v) is 5.64. The number of piperidine rings is 1. The third kappa shape index (κ3) is 4.59. The summed E-state index contributed by atoms with van der Waals surface area (Å²) in [5, 5.41) is 1.56. The van der Waals surface area contributed by atoms with Crippen molar-refractivity contribution in [3.05, 3.63) is 62.6 Å². The Bertz CT molecular complexity index is 752. The molecular formula is C19H18Cl3NOS. The monoisotopic (exact) mass is 413 g/mol. The van der Waals surface area contributed by atoms with E-state index in [4.69, 9.17) is 51.8 Å². The van der Waals surface area contributed by atoms with Crippen LogP contribution in [0.4, 0.5) is 0 Å². The van der Waals surface area contributed by atoms with Gasteiger partial charge in [0.2, 0.25) is 0 Å². The maximum Gasteiger partial charge on any atom is 0.157 e. The van der Waals surface area contributed by atoms with Gasteiger partial charge >= 0.3 is 0 Å². The second kappa shape index (κ2) is 8.59. The van der Waals surface area contributed by atoms with Crippen LogP contribution in [0.5, 0.6) is 5.75 Å². The van der Waals surface area contributed by atoms with Gasteiger partial charge in [-0.15, -0.1) is 0 Å². The second-order valence-electron chi connectivity index (χ2n) is 6.00. The van der Waals surface area contributed by atoms with Crippen molar-refractivity contribution in [3.8, 4) is 5.75 Å². The summed E-state index contributed by atoms with van der Waals surface area (Å²) in [5.41, 5.74) is 1.74. The van der Waals surface area contributed by atoms with Crippen LogP contribution in [0.15, 0.2) is 36.4 Å². The summed E-state index contributed by atoms with van der Waals surface area (Å²) in [6.07, 6.45) is 3.59. The van der Waals surface area contributed by atoms with Gasteiger partial charge in [-0.05, 0) is 37.5 Å². The van der Waals surface area contributed by atoms with Gasteiger partial charge in [0, 0.05) is 29.2 Å². The predicted octanol–water partition coefficient (Wildman–Crippen LogP) is 6.39. The molecule has 0 atom stereocenters. The zero-order valence-corrected chi connectivity index (χ0v) is 16.7. The first kappa shape index (κ1) is 18.8. The summed E-state index contributed by atoms with van der Waals surface area (Å²) >= 11 is 24.6. The Kier molecular flexibility index (Phi) is 6.45. The molecular weight excluding hydrogens is 397 g/mol. The van der Waals surface area contributed by atoms with E-state index in [2.05, 4.69) is 4.90 Å². The molecule has 2 nitrogen and oxygen atoms in total. The predicted molar refractivity (Wildman–Crippen MR) is 109 cm³/mol. The fraction of sp³-hybridized carbons (Fsp3) is 0.316. The van der Waals surface area contributed by atoms with E-state index >= 15 is 0 Å². The second-order valence-corrected chi connectivity index (χ2v) is 7.61. The van der Waals surface area contributed by atoms with Gasteiger partial charge in [0.05, 0.1) is 10.0 Å². The van der Waals surface area contributed by atoms with Gasteiger partial charge < -0.3 is 9.64 Å². The van der Waals surface area contributed by atoms with Crippen LogP contribution < -0.4 is 4.74 Å². The number of halogens is 3. The molecule has 132 valence electrons. The molecule has 1 saturated heterocycles. The van der Waals surface area contributed by atoms with Crippen LogP contribution in [-0.4, -0.2) is 23.0 Å². The van der Waals surface area contributed by atoms with E-state index in [1.165, 1.54) is 19.3 Å². The summed E-state index contributed by atoms with van der Waals surface area (Å²) in [6, 6.07) is 11.2. The van der Waals surface area contributed by atoms with Crippen LogP contribution in [0, 0.1) is 0 Å². The largest absolute Gasteiger partial charge is 0.486 e. The van der Waals surface area contributed by atoms with Gasteiger partial charge in [0.25, 0.3) is 0 Å². The summed E-state index contributed by atoms with van der Waals surface area (Å²) in [7, 11) is 0. The molecule has 0 saturated carbocycles. The average molecular weight is 415 g/mol. The zero-order valence-electron chi connectivity index (χ0n) is 13.6. The Morgan fingerprint density at radius 1 is 0.960 bits per heavy atom. The van der Waals surface area contributed by atoms with Gasteiger partial charge in [-0.3, -0.25) is 0 Å². The van der Waals surface area contributed by atoms with E-state index < -0.39 is 0 Å². The molecule has 1 fully saturated rings. The van der Waals surface area contributed by atoms with E-state index in [1.807, 2.05) is 36.4 Å². The summed E-state index contributed by atoms with van der Waals surface area (Å²) in [6.45, 7) is 2.27. The number of rotatable bonds is 4. The first-order valence-corrected chi connectivity index (χ1v) is 9.75. The quantitative estimate of drug-likeness (QED) is 0.538. The highest BCUT2D eigenvalue weighted by Crippen LogP contribution is 2.36. The number of benzene rings is 2. The van der Waals surface area contributed by atoms with Crippen molar-refractivity contribution < 1.29 is 4.74 Å². The van der Waals surface area contributed by atoms with Crippen molar-refractivity contribution in [2.24, 2.45) is 0 Å². The molecule has 0 N–H and O–H groups in total. The van der Waals surface area contributed by atoms with E-state index in [-0.39, 0.29) is 0 Å². The molecule has 1 aliphatic heterocycles. The van der Waals surface area contributed by atoms with Crippen LogP contribution in [0.25, 0.3) is 0 Å². The minimum atomic E-state index is 0.301. The lowest BCUT2D eigenvalue weighted by molar-refractivity contribution is 0.306. The Hall–Kier alpha value is -1.00. The van der Waals surface area contributed by atoms with Crippen LogP contribution in [0.3, 0.4) is 0 Å². The van der Waals surface area contributed by atoms with Crippen molar-refractivity contribution >= 4 is 52.0 Å².